The summed E-state index contributed by atoms with van der Waals surface area (Å²) in [7, 11) is 1.67. The van der Waals surface area contributed by atoms with Crippen molar-refractivity contribution in [1.82, 2.24) is 14.7 Å². The van der Waals surface area contributed by atoms with Crippen molar-refractivity contribution < 1.29 is 19.2 Å². The van der Waals surface area contributed by atoms with Crippen molar-refractivity contribution in [2.24, 2.45) is 7.05 Å². The number of anilines is 1. The van der Waals surface area contributed by atoms with E-state index in [1.165, 1.54) is 28.9 Å². The quantitative estimate of drug-likeness (QED) is 0.624. The number of amides is 2. The Balaban J connectivity index is 1.79. The highest BCUT2D eigenvalue weighted by Gasteiger charge is 2.31. The van der Waals surface area contributed by atoms with Crippen molar-refractivity contribution in [2.75, 3.05) is 11.9 Å². The monoisotopic (exact) mass is 401 g/mol. The molecule has 0 fully saturated rings. The summed E-state index contributed by atoms with van der Waals surface area (Å²) >= 11 is 0. The molecule has 154 valence electrons. The van der Waals surface area contributed by atoms with Crippen LogP contribution in [0.5, 0.6) is 0 Å². The van der Waals surface area contributed by atoms with Gasteiger partial charge in [0.15, 0.2) is 0 Å². The van der Waals surface area contributed by atoms with E-state index in [-0.39, 0.29) is 12.2 Å². The highest BCUT2D eigenvalue weighted by Crippen LogP contribution is 2.25. The summed E-state index contributed by atoms with van der Waals surface area (Å²) in [6.07, 6.45) is 0.0847. The number of nitro groups is 1. The first-order valence-electron chi connectivity index (χ1n) is 9.13. The normalized spacial score (nSPS) is 13.6. The van der Waals surface area contributed by atoms with Crippen LogP contribution in [-0.2, 0) is 24.8 Å². The molecule has 0 spiro atoms. The number of nitro benzene ring substituents is 1. The zero-order valence-electron chi connectivity index (χ0n) is 16.8. The number of carbonyl (C=O) groups is 2. The van der Waals surface area contributed by atoms with Crippen LogP contribution in [0.4, 0.5) is 16.2 Å². The standard InChI is InChI=1S/C19H23N5O5/c1-19(2,3)29-18(26)23-10-9-15-14(11-23)16(22(4)21-15)17(25)20-12-5-7-13(8-6-12)24(27)28/h5-8H,9-11H2,1-4H3,(H,20,25). The average molecular weight is 401 g/mol. The molecule has 0 atom stereocenters. The molecule has 3 rings (SSSR count). The van der Waals surface area contributed by atoms with E-state index in [1.54, 1.807) is 32.7 Å². The molecule has 1 aliphatic heterocycles. The van der Waals surface area contributed by atoms with Gasteiger partial charge in [0, 0.05) is 43.4 Å². The Morgan fingerprint density at radius 3 is 2.48 bits per heavy atom. The van der Waals surface area contributed by atoms with Crippen molar-refractivity contribution in [2.45, 2.75) is 39.3 Å². The summed E-state index contributed by atoms with van der Waals surface area (Å²) in [5.74, 6) is -0.402. The number of nitrogens with zero attached hydrogens (tertiary/aromatic N) is 4. The molecule has 0 radical (unpaired) electrons. The molecule has 1 aliphatic rings. The molecule has 1 N–H and O–H groups in total. The van der Waals surface area contributed by atoms with E-state index in [1.807, 2.05) is 0 Å². The van der Waals surface area contributed by atoms with Crippen LogP contribution in [0.15, 0.2) is 24.3 Å². The molecule has 0 saturated heterocycles. The van der Waals surface area contributed by atoms with Gasteiger partial charge in [-0.05, 0) is 32.9 Å². The molecule has 1 aromatic heterocycles. The second-order valence-electron chi connectivity index (χ2n) is 7.81. The predicted molar refractivity (Wildman–Crippen MR) is 105 cm³/mol. The number of hydrogen-bond donors (Lipinski definition) is 1. The SMILES string of the molecule is Cn1nc2c(c1C(=O)Nc1ccc([N+](=O)[O-])cc1)CN(C(=O)OC(C)(C)C)CC2. The van der Waals surface area contributed by atoms with Crippen LogP contribution in [0.1, 0.15) is 42.5 Å². The lowest BCUT2D eigenvalue weighted by Gasteiger charge is -2.29. The fourth-order valence-corrected chi connectivity index (χ4v) is 3.12. The minimum Gasteiger partial charge on any atom is -0.444 e. The largest absolute Gasteiger partial charge is 0.444 e. The number of rotatable bonds is 3. The van der Waals surface area contributed by atoms with Crippen LogP contribution < -0.4 is 5.32 Å². The minimum absolute atomic E-state index is 0.0612. The second kappa shape index (κ2) is 7.53. The van der Waals surface area contributed by atoms with Crippen molar-refractivity contribution in [1.29, 1.82) is 0 Å². The number of ether oxygens (including phenoxy) is 1. The summed E-state index contributed by atoms with van der Waals surface area (Å²) in [4.78, 5) is 37.1. The van der Waals surface area contributed by atoms with E-state index in [2.05, 4.69) is 10.4 Å². The van der Waals surface area contributed by atoms with Gasteiger partial charge in [0.25, 0.3) is 11.6 Å². The third-order valence-electron chi connectivity index (χ3n) is 4.40. The molecule has 29 heavy (non-hydrogen) atoms. The fraction of sp³-hybridized carbons (Fsp3) is 0.421. The van der Waals surface area contributed by atoms with Crippen LogP contribution in [-0.4, -0.2) is 43.7 Å². The van der Waals surface area contributed by atoms with Gasteiger partial charge in [-0.2, -0.15) is 5.10 Å². The van der Waals surface area contributed by atoms with E-state index in [0.29, 0.717) is 29.9 Å². The maximum Gasteiger partial charge on any atom is 0.410 e. The van der Waals surface area contributed by atoms with Gasteiger partial charge in [0.2, 0.25) is 0 Å². The molecule has 0 saturated carbocycles. The van der Waals surface area contributed by atoms with Crippen molar-refractivity contribution >= 4 is 23.4 Å². The molecule has 0 unspecified atom stereocenters. The van der Waals surface area contributed by atoms with E-state index < -0.39 is 22.5 Å². The van der Waals surface area contributed by atoms with Gasteiger partial charge in [-0.3, -0.25) is 19.6 Å². The van der Waals surface area contributed by atoms with Crippen molar-refractivity contribution in [3.8, 4) is 0 Å². The molecule has 2 amide bonds. The van der Waals surface area contributed by atoms with Crippen molar-refractivity contribution in [3.05, 3.63) is 51.3 Å². The number of aryl methyl sites for hydroxylation is 1. The zero-order chi connectivity index (χ0) is 21.3. The molecule has 2 heterocycles. The zero-order valence-corrected chi connectivity index (χ0v) is 16.8. The van der Waals surface area contributed by atoms with E-state index >= 15 is 0 Å². The van der Waals surface area contributed by atoms with Crippen LogP contribution in [0.2, 0.25) is 0 Å². The molecule has 10 nitrogen and oxygen atoms in total. The summed E-state index contributed by atoms with van der Waals surface area (Å²) in [5.41, 5.74) is 1.53. The molecule has 0 bridgehead atoms. The molecule has 2 aromatic rings. The Labute approximate surface area is 167 Å². The van der Waals surface area contributed by atoms with Gasteiger partial charge >= 0.3 is 6.09 Å². The highest BCUT2D eigenvalue weighted by atomic mass is 16.6. The Hall–Kier alpha value is -3.43. The first-order chi connectivity index (χ1) is 13.5. The number of benzene rings is 1. The maximum absolute atomic E-state index is 12.9. The lowest BCUT2D eigenvalue weighted by molar-refractivity contribution is -0.384. The van der Waals surface area contributed by atoms with E-state index in [9.17, 15) is 19.7 Å². The topological polar surface area (TPSA) is 120 Å². The molecule has 1 aromatic carbocycles. The second-order valence-corrected chi connectivity index (χ2v) is 7.81. The smallest absolute Gasteiger partial charge is 0.410 e. The molecule has 10 heteroatoms. The number of fused-ring (bicyclic) bond motifs is 1. The van der Waals surface area contributed by atoms with Crippen LogP contribution >= 0.6 is 0 Å². The predicted octanol–water partition coefficient (Wildman–Crippen LogP) is 2.87. The minimum atomic E-state index is -0.609. The van der Waals surface area contributed by atoms with Crippen LogP contribution in [0.25, 0.3) is 0 Å². The molecular formula is C19H23N5O5. The Morgan fingerprint density at radius 2 is 1.90 bits per heavy atom. The van der Waals surface area contributed by atoms with Crippen LogP contribution in [0.3, 0.4) is 0 Å². The van der Waals surface area contributed by atoms with E-state index in [0.717, 1.165) is 5.69 Å². The Morgan fingerprint density at radius 1 is 1.24 bits per heavy atom. The van der Waals surface area contributed by atoms with Gasteiger partial charge < -0.3 is 15.0 Å². The van der Waals surface area contributed by atoms with Gasteiger partial charge in [-0.25, -0.2) is 4.79 Å². The fourth-order valence-electron chi connectivity index (χ4n) is 3.12. The summed E-state index contributed by atoms with van der Waals surface area (Å²) in [5, 5.41) is 17.9. The third-order valence-corrected chi connectivity index (χ3v) is 4.40. The van der Waals surface area contributed by atoms with E-state index in [4.69, 9.17) is 4.74 Å². The average Bonchev–Trinajstić information content (AvgIpc) is 2.95. The maximum atomic E-state index is 12.9. The molecule has 0 aliphatic carbocycles. The lowest BCUT2D eigenvalue weighted by atomic mass is 10.1. The number of carbonyl (C=O) groups excluding carboxylic acids is 2. The van der Waals surface area contributed by atoms with Crippen molar-refractivity contribution in [3.63, 3.8) is 0 Å². The summed E-state index contributed by atoms with van der Waals surface area (Å²) < 4.78 is 6.92. The number of aromatic nitrogens is 2. The van der Waals surface area contributed by atoms with Gasteiger partial charge in [0.05, 0.1) is 17.2 Å². The first-order valence-corrected chi connectivity index (χ1v) is 9.13. The first kappa shape index (κ1) is 20.3. The summed E-state index contributed by atoms with van der Waals surface area (Å²) in [6.45, 7) is 6.08. The number of hydrogen-bond acceptors (Lipinski definition) is 6. The van der Waals surface area contributed by atoms with Gasteiger partial charge in [-0.15, -0.1) is 0 Å². The van der Waals surface area contributed by atoms with Gasteiger partial charge in [-0.1, -0.05) is 0 Å². The Bertz CT molecular complexity index is 959. The molecular weight excluding hydrogens is 378 g/mol. The lowest BCUT2D eigenvalue weighted by Crippen LogP contribution is -2.40. The van der Waals surface area contributed by atoms with Crippen LogP contribution in [0, 0.1) is 10.1 Å². The number of nitrogens with one attached hydrogen (secondary N) is 1. The van der Waals surface area contributed by atoms with Gasteiger partial charge in [0.1, 0.15) is 11.3 Å². The third kappa shape index (κ3) is 4.53. The highest BCUT2D eigenvalue weighted by molar-refractivity contribution is 6.04. The number of non-ortho nitro benzene ring substituents is 1. The summed E-state index contributed by atoms with van der Waals surface area (Å²) in [6, 6.07) is 5.56. The Kier molecular flexibility index (Phi) is 5.27.